The minimum absolute atomic E-state index is 0.129. The van der Waals surface area contributed by atoms with Crippen LogP contribution in [0, 0.1) is 28.6 Å². The van der Waals surface area contributed by atoms with E-state index < -0.39 is 0 Å². The SMILES string of the molecule is CO[C@@H]1C[C@H]2[C@@H]3CC=C4C[C@H](Br)CC[C@]4(C)[C@H]3CC[C@]2(C)C1=O. The zero-order valence-electron chi connectivity index (χ0n) is 14.6. The Morgan fingerprint density at radius 2 is 1.91 bits per heavy atom. The van der Waals surface area contributed by atoms with E-state index in [4.69, 9.17) is 4.74 Å². The van der Waals surface area contributed by atoms with E-state index in [2.05, 4.69) is 35.9 Å². The molecule has 0 unspecified atom stereocenters. The first-order valence-corrected chi connectivity index (χ1v) is 10.2. The average molecular weight is 381 g/mol. The molecule has 0 N–H and O–H groups in total. The van der Waals surface area contributed by atoms with Crippen molar-refractivity contribution in [2.75, 3.05) is 7.11 Å². The molecule has 7 atom stereocenters. The fraction of sp³-hybridized carbons (Fsp3) is 0.850. The minimum atomic E-state index is -0.153. The molecule has 128 valence electrons. The largest absolute Gasteiger partial charge is 0.374 e. The number of alkyl halides is 1. The molecule has 0 bridgehead atoms. The van der Waals surface area contributed by atoms with Crippen LogP contribution >= 0.6 is 15.9 Å². The van der Waals surface area contributed by atoms with Gasteiger partial charge in [0.1, 0.15) is 6.10 Å². The van der Waals surface area contributed by atoms with Gasteiger partial charge in [0.05, 0.1) is 0 Å². The average Bonchev–Trinajstić information content (AvgIpc) is 2.79. The molecule has 4 aliphatic rings. The topological polar surface area (TPSA) is 26.3 Å². The zero-order valence-corrected chi connectivity index (χ0v) is 16.2. The van der Waals surface area contributed by atoms with Gasteiger partial charge in [-0.1, -0.05) is 41.4 Å². The third-order valence-corrected chi connectivity index (χ3v) is 8.82. The van der Waals surface area contributed by atoms with Crippen LogP contribution in [0.4, 0.5) is 0 Å². The first-order valence-electron chi connectivity index (χ1n) is 9.31. The predicted octanol–water partition coefficient (Wildman–Crippen LogP) is 4.91. The maximum atomic E-state index is 12.8. The van der Waals surface area contributed by atoms with Gasteiger partial charge in [0.15, 0.2) is 5.78 Å². The molecule has 2 nitrogen and oxygen atoms in total. The molecule has 4 aliphatic carbocycles. The van der Waals surface area contributed by atoms with E-state index in [1.165, 1.54) is 32.1 Å². The molecular weight excluding hydrogens is 352 g/mol. The van der Waals surface area contributed by atoms with E-state index in [9.17, 15) is 4.79 Å². The first-order chi connectivity index (χ1) is 10.9. The molecule has 0 aromatic carbocycles. The highest BCUT2D eigenvalue weighted by molar-refractivity contribution is 9.09. The monoisotopic (exact) mass is 380 g/mol. The summed E-state index contributed by atoms with van der Waals surface area (Å²) < 4.78 is 5.53. The number of Topliss-reactive ketones (excluding diaryl/α,β-unsaturated/α-hetero) is 1. The van der Waals surface area contributed by atoms with Crippen molar-refractivity contribution in [1.29, 1.82) is 0 Å². The number of allylic oxidation sites excluding steroid dienone is 2. The predicted molar refractivity (Wildman–Crippen MR) is 95.6 cm³/mol. The van der Waals surface area contributed by atoms with Crippen LogP contribution in [0.2, 0.25) is 0 Å². The second-order valence-electron chi connectivity index (χ2n) is 8.88. The van der Waals surface area contributed by atoms with Crippen molar-refractivity contribution in [3.05, 3.63) is 11.6 Å². The van der Waals surface area contributed by atoms with Gasteiger partial charge in [-0.05, 0) is 68.1 Å². The summed E-state index contributed by atoms with van der Waals surface area (Å²) in [5, 5.41) is 0. The van der Waals surface area contributed by atoms with Gasteiger partial charge in [-0.3, -0.25) is 4.79 Å². The molecule has 0 heterocycles. The summed E-state index contributed by atoms with van der Waals surface area (Å²) in [6, 6.07) is 0. The number of rotatable bonds is 1. The Kier molecular flexibility index (Phi) is 3.85. The van der Waals surface area contributed by atoms with Gasteiger partial charge in [-0.25, -0.2) is 0 Å². The number of fused-ring (bicyclic) bond motifs is 5. The third kappa shape index (κ3) is 2.18. The summed E-state index contributed by atoms with van der Waals surface area (Å²) in [5.74, 6) is 2.35. The maximum Gasteiger partial charge on any atom is 0.167 e. The molecule has 4 rings (SSSR count). The van der Waals surface area contributed by atoms with Crippen molar-refractivity contribution in [1.82, 2.24) is 0 Å². The number of halogens is 1. The molecule has 3 fully saturated rings. The summed E-state index contributed by atoms with van der Waals surface area (Å²) in [6.45, 7) is 4.74. The number of carbonyl (C=O) groups excluding carboxylic acids is 1. The highest BCUT2D eigenvalue weighted by Crippen LogP contribution is 2.64. The van der Waals surface area contributed by atoms with Gasteiger partial charge < -0.3 is 4.74 Å². The lowest BCUT2D eigenvalue weighted by molar-refractivity contribution is -0.137. The highest BCUT2D eigenvalue weighted by Gasteiger charge is 2.61. The first kappa shape index (κ1) is 16.3. The number of ether oxygens (including phenoxy) is 1. The smallest absolute Gasteiger partial charge is 0.167 e. The maximum absolute atomic E-state index is 12.8. The van der Waals surface area contributed by atoms with Crippen molar-refractivity contribution < 1.29 is 9.53 Å². The van der Waals surface area contributed by atoms with Gasteiger partial charge in [0.2, 0.25) is 0 Å². The minimum Gasteiger partial charge on any atom is -0.374 e. The fourth-order valence-electron chi connectivity index (χ4n) is 6.59. The van der Waals surface area contributed by atoms with Crippen molar-refractivity contribution in [3.8, 4) is 0 Å². The lowest BCUT2D eigenvalue weighted by Crippen LogP contribution is -2.50. The summed E-state index contributed by atoms with van der Waals surface area (Å²) >= 11 is 3.84. The van der Waals surface area contributed by atoms with E-state index in [0.29, 0.717) is 27.9 Å². The molecule has 0 saturated heterocycles. The Morgan fingerprint density at radius 1 is 1.17 bits per heavy atom. The molecule has 0 aromatic rings. The molecule has 23 heavy (non-hydrogen) atoms. The molecule has 3 heteroatoms. The van der Waals surface area contributed by atoms with Gasteiger partial charge in [0.25, 0.3) is 0 Å². The van der Waals surface area contributed by atoms with Crippen molar-refractivity contribution in [2.45, 2.75) is 69.7 Å². The van der Waals surface area contributed by atoms with Gasteiger partial charge in [-0.2, -0.15) is 0 Å². The molecule has 3 saturated carbocycles. The van der Waals surface area contributed by atoms with Crippen LogP contribution < -0.4 is 0 Å². The van der Waals surface area contributed by atoms with E-state index in [-0.39, 0.29) is 11.5 Å². The van der Waals surface area contributed by atoms with Crippen LogP contribution in [0.25, 0.3) is 0 Å². The molecule has 0 spiro atoms. The molecule has 0 aliphatic heterocycles. The normalized spacial score (nSPS) is 52.4. The highest BCUT2D eigenvalue weighted by atomic mass is 79.9. The molecular formula is C20H29BrO2. The fourth-order valence-corrected chi connectivity index (χ4v) is 7.16. The summed E-state index contributed by atoms with van der Waals surface area (Å²) in [6.07, 6.45) is 10.6. The second kappa shape index (κ2) is 5.42. The number of ketones is 1. The Labute approximate surface area is 148 Å². The number of hydrogen-bond donors (Lipinski definition) is 0. The summed E-state index contributed by atoms with van der Waals surface area (Å²) in [4.78, 5) is 13.5. The standard InChI is InChI=1S/C20H29BrO2/c1-19-8-6-13(21)10-12(19)4-5-14-15(19)7-9-20(2)16(14)11-17(23-3)18(20)22/h4,13-17H,5-11H2,1-3H3/t13-,14-,15+,16+,17-,19+,20+/m1/s1. The van der Waals surface area contributed by atoms with Crippen LogP contribution in [0.5, 0.6) is 0 Å². The Bertz CT molecular complexity index is 556. The van der Waals surface area contributed by atoms with Gasteiger partial charge >= 0.3 is 0 Å². The summed E-state index contributed by atoms with van der Waals surface area (Å²) in [5.41, 5.74) is 1.95. The van der Waals surface area contributed by atoms with Crippen LogP contribution in [-0.2, 0) is 9.53 Å². The number of carbonyl (C=O) groups is 1. The number of methoxy groups -OCH3 is 1. The van der Waals surface area contributed by atoms with E-state index in [1.54, 1.807) is 12.7 Å². The van der Waals surface area contributed by atoms with E-state index in [1.807, 2.05) is 0 Å². The quantitative estimate of drug-likeness (QED) is 0.477. The Hall–Kier alpha value is -0.150. The lowest BCUT2D eigenvalue weighted by atomic mass is 9.48. The molecule has 0 aromatic heterocycles. The van der Waals surface area contributed by atoms with E-state index >= 15 is 0 Å². The van der Waals surface area contributed by atoms with Crippen LogP contribution in [0.15, 0.2) is 11.6 Å². The van der Waals surface area contributed by atoms with E-state index in [0.717, 1.165) is 18.8 Å². The number of hydrogen-bond acceptors (Lipinski definition) is 2. The van der Waals surface area contributed by atoms with Gasteiger partial charge in [0, 0.05) is 17.4 Å². The van der Waals surface area contributed by atoms with Crippen LogP contribution in [0.1, 0.15) is 58.8 Å². The molecule has 0 radical (unpaired) electrons. The second-order valence-corrected chi connectivity index (χ2v) is 10.2. The van der Waals surface area contributed by atoms with Crippen LogP contribution in [0.3, 0.4) is 0 Å². The van der Waals surface area contributed by atoms with Crippen molar-refractivity contribution in [2.24, 2.45) is 28.6 Å². The lowest BCUT2D eigenvalue weighted by Gasteiger charge is -2.56. The third-order valence-electron chi connectivity index (χ3n) is 8.04. The van der Waals surface area contributed by atoms with Gasteiger partial charge in [-0.15, -0.1) is 0 Å². The van der Waals surface area contributed by atoms with Crippen LogP contribution in [-0.4, -0.2) is 23.8 Å². The zero-order chi connectivity index (χ0) is 16.4. The summed E-state index contributed by atoms with van der Waals surface area (Å²) in [7, 11) is 1.71. The van der Waals surface area contributed by atoms with Crippen molar-refractivity contribution in [3.63, 3.8) is 0 Å². The Morgan fingerprint density at radius 3 is 2.65 bits per heavy atom. The van der Waals surface area contributed by atoms with Crippen molar-refractivity contribution >= 4 is 21.7 Å². The molecule has 0 amide bonds. The Balaban J connectivity index is 1.68.